The summed E-state index contributed by atoms with van der Waals surface area (Å²) in [7, 11) is 0. The number of carbonyl (C=O) groups excluding carboxylic acids is 1. The Morgan fingerprint density at radius 3 is 2.41 bits per heavy atom. The molecule has 2 heterocycles. The second-order valence-electron chi connectivity index (χ2n) is 7.40. The minimum Gasteiger partial charge on any atom is -0.459 e. The average molecular weight is 391 g/mol. The molecule has 150 valence electrons. The molecule has 0 spiro atoms. The lowest BCUT2D eigenvalue weighted by atomic mass is 10.0. The van der Waals surface area contributed by atoms with Crippen LogP contribution in [-0.4, -0.2) is 36.5 Å². The summed E-state index contributed by atoms with van der Waals surface area (Å²) in [5.41, 5.74) is 1.65. The Labute approximate surface area is 170 Å². The maximum Gasteiger partial charge on any atom is 0.294 e. The lowest BCUT2D eigenvalue weighted by Crippen LogP contribution is -2.48. The molecule has 1 saturated heterocycles. The molecule has 1 amide bonds. The highest BCUT2D eigenvalue weighted by molar-refractivity contribution is 6.04. The van der Waals surface area contributed by atoms with Crippen molar-refractivity contribution >= 4 is 11.6 Å². The maximum absolute atomic E-state index is 13.9. The number of likely N-dealkylation sites (tertiary alicyclic amines) is 1. The summed E-state index contributed by atoms with van der Waals surface area (Å²) in [6, 6.07) is 20.3. The van der Waals surface area contributed by atoms with Gasteiger partial charge in [0.15, 0.2) is 5.76 Å². The summed E-state index contributed by atoms with van der Waals surface area (Å²) in [4.78, 5) is 17.3. The number of rotatable bonds is 6. The Hall–Kier alpha value is -2.92. The van der Waals surface area contributed by atoms with Gasteiger partial charge in [0.2, 0.25) is 0 Å². The van der Waals surface area contributed by atoms with E-state index < -0.39 is 0 Å². The molecular formula is C24H25FN2O2. The summed E-state index contributed by atoms with van der Waals surface area (Å²) in [6.07, 6.45) is 3.98. The van der Waals surface area contributed by atoms with Crippen LogP contribution < -0.4 is 4.90 Å². The predicted molar refractivity (Wildman–Crippen MR) is 112 cm³/mol. The normalized spacial score (nSPS) is 15.3. The van der Waals surface area contributed by atoms with Crippen LogP contribution in [0.15, 0.2) is 77.4 Å². The molecule has 29 heavy (non-hydrogen) atoms. The van der Waals surface area contributed by atoms with Crippen LogP contribution in [0.25, 0.3) is 0 Å². The fraction of sp³-hybridized carbons (Fsp3) is 0.292. The van der Waals surface area contributed by atoms with E-state index in [-0.39, 0.29) is 17.8 Å². The molecule has 2 aromatic carbocycles. The van der Waals surface area contributed by atoms with Gasteiger partial charge >= 0.3 is 0 Å². The lowest BCUT2D eigenvalue weighted by Gasteiger charge is -2.38. The maximum atomic E-state index is 13.9. The van der Waals surface area contributed by atoms with Gasteiger partial charge in [-0.25, -0.2) is 4.39 Å². The molecule has 4 rings (SSSR count). The van der Waals surface area contributed by atoms with Gasteiger partial charge in [0, 0.05) is 31.4 Å². The Morgan fingerprint density at radius 1 is 1.00 bits per heavy atom. The van der Waals surface area contributed by atoms with E-state index in [1.54, 1.807) is 18.2 Å². The number of hydrogen-bond acceptors (Lipinski definition) is 3. The lowest BCUT2D eigenvalue weighted by molar-refractivity contribution is 0.0933. The first-order chi connectivity index (χ1) is 14.2. The van der Waals surface area contributed by atoms with Gasteiger partial charge in [-0.1, -0.05) is 36.4 Å². The first kappa shape index (κ1) is 19.4. The summed E-state index contributed by atoms with van der Waals surface area (Å²) in [5.74, 6) is 0.114. The van der Waals surface area contributed by atoms with Crippen LogP contribution in [0.5, 0.6) is 0 Å². The quantitative estimate of drug-likeness (QED) is 0.607. The van der Waals surface area contributed by atoms with Crippen LogP contribution >= 0.6 is 0 Å². The molecule has 3 aromatic rings. The monoisotopic (exact) mass is 391 g/mol. The molecule has 0 bridgehead atoms. The van der Waals surface area contributed by atoms with Gasteiger partial charge in [0.1, 0.15) is 5.82 Å². The minimum atomic E-state index is -0.137. The standard InChI is InChI=1S/C24H25FN2O2/c25-22-10-5-4-7-19(22)12-15-26-16-13-21(14-17-26)27(20-8-2-1-3-9-20)24(28)23-11-6-18-29-23/h1-11,18,21H,12-17H2/i25-1. The largest absolute Gasteiger partial charge is 0.459 e. The Kier molecular flexibility index (Phi) is 6.06. The third kappa shape index (κ3) is 4.57. The SMILES string of the molecule is O=C(c1ccco1)N(c1ccccc1)C1CCN(CCc2ccccc2[18F])CC1. The molecule has 0 aliphatic carbocycles. The van der Waals surface area contributed by atoms with Crippen LogP contribution in [0.3, 0.4) is 0 Å². The van der Waals surface area contributed by atoms with Crippen LogP contribution in [0.2, 0.25) is 0 Å². The first-order valence-corrected chi connectivity index (χ1v) is 10.1. The van der Waals surface area contributed by atoms with Crippen molar-refractivity contribution in [1.82, 2.24) is 4.90 Å². The molecule has 0 saturated carbocycles. The Morgan fingerprint density at radius 2 is 1.72 bits per heavy atom. The summed E-state index contributed by atoms with van der Waals surface area (Å²) < 4.78 is 19.2. The van der Waals surface area contributed by atoms with Crippen LogP contribution in [0.1, 0.15) is 29.0 Å². The van der Waals surface area contributed by atoms with Crippen molar-refractivity contribution in [3.05, 3.63) is 90.1 Å². The number of nitrogens with zero attached hydrogens (tertiary/aromatic N) is 2. The van der Waals surface area contributed by atoms with E-state index in [1.165, 1.54) is 12.3 Å². The second-order valence-corrected chi connectivity index (χ2v) is 7.40. The highest BCUT2D eigenvalue weighted by Gasteiger charge is 2.30. The summed E-state index contributed by atoms with van der Waals surface area (Å²) in [6.45, 7) is 2.59. The van der Waals surface area contributed by atoms with Gasteiger partial charge in [0.05, 0.1) is 6.26 Å². The zero-order chi connectivity index (χ0) is 20.1. The van der Waals surface area contributed by atoms with Gasteiger partial charge in [-0.3, -0.25) is 4.79 Å². The van der Waals surface area contributed by atoms with E-state index in [9.17, 15) is 9.18 Å². The fourth-order valence-electron chi connectivity index (χ4n) is 3.98. The van der Waals surface area contributed by atoms with E-state index in [4.69, 9.17) is 4.42 Å². The number of furan rings is 1. The van der Waals surface area contributed by atoms with Gasteiger partial charge in [-0.15, -0.1) is 0 Å². The highest BCUT2D eigenvalue weighted by atomic mass is 18.2. The van der Waals surface area contributed by atoms with Crippen molar-refractivity contribution < 1.29 is 13.6 Å². The van der Waals surface area contributed by atoms with Crippen molar-refractivity contribution in [1.29, 1.82) is 0 Å². The molecule has 1 aliphatic rings. The minimum absolute atomic E-state index is 0.106. The first-order valence-electron chi connectivity index (χ1n) is 10.1. The average Bonchev–Trinajstić information content (AvgIpc) is 3.30. The summed E-state index contributed by atoms with van der Waals surface area (Å²) >= 11 is 0. The molecule has 0 unspecified atom stereocenters. The Bertz CT molecular complexity index is 919. The number of amides is 1. The third-order valence-corrected chi connectivity index (χ3v) is 5.56. The van der Waals surface area contributed by atoms with Gasteiger partial charge in [-0.2, -0.15) is 0 Å². The number of halogens is 1. The molecular weight excluding hydrogens is 366 g/mol. The zero-order valence-electron chi connectivity index (χ0n) is 16.3. The van der Waals surface area contributed by atoms with Gasteiger partial charge in [0.25, 0.3) is 5.91 Å². The number of carbonyl (C=O) groups is 1. The van der Waals surface area contributed by atoms with Crippen LogP contribution in [-0.2, 0) is 6.42 Å². The van der Waals surface area contributed by atoms with Crippen molar-refractivity contribution in [3.63, 3.8) is 0 Å². The summed E-state index contributed by atoms with van der Waals surface area (Å²) in [5, 5.41) is 0. The molecule has 4 nitrogen and oxygen atoms in total. The number of hydrogen-bond donors (Lipinski definition) is 0. The molecule has 0 atom stereocenters. The molecule has 5 heteroatoms. The highest BCUT2D eigenvalue weighted by Crippen LogP contribution is 2.26. The molecule has 1 fully saturated rings. The molecule has 0 radical (unpaired) electrons. The van der Waals surface area contributed by atoms with E-state index in [0.717, 1.165) is 43.7 Å². The number of piperidine rings is 1. The van der Waals surface area contributed by atoms with Crippen LogP contribution in [0, 0.1) is 5.82 Å². The molecule has 1 aliphatic heterocycles. The zero-order valence-corrected chi connectivity index (χ0v) is 16.3. The molecule has 0 N–H and O–H groups in total. The number of para-hydroxylation sites is 1. The van der Waals surface area contributed by atoms with E-state index >= 15 is 0 Å². The van der Waals surface area contributed by atoms with Gasteiger partial charge in [-0.05, 0) is 55.2 Å². The topological polar surface area (TPSA) is 36.7 Å². The van der Waals surface area contributed by atoms with Gasteiger partial charge < -0.3 is 14.2 Å². The van der Waals surface area contributed by atoms with Crippen molar-refractivity contribution in [3.8, 4) is 0 Å². The number of anilines is 1. The Balaban J connectivity index is 1.41. The van der Waals surface area contributed by atoms with E-state index in [1.807, 2.05) is 47.4 Å². The van der Waals surface area contributed by atoms with Crippen molar-refractivity contribution in [2.45, 2.75) is 25.3 Å². The van der Waals surface area contributed by atoms with Crippen molar-refractivity contribution in [2.24, 2.45) is 0 Å². The smallest absolute Gasteiger partial charge is 0.294 e. The van der Waals surface area contributed by atoms with E-state index in [0.29, 0.717) is 12.2 Å². The van der Waals surface area contributed by atoms with Crippen LogP contribution in [0.4, 0.5) is 10.1 Å². The third-order valence-electron chi connectivity index (χ3n) is 5.56. The van der Waals surface area contributed by atoms with E-state index in [2.05, 4.69) is 4.90 Å². The molecule has 1 aromatic heterocycles. The fourth-order valence-corrected chi connectivity index (χ4v) is 3.98. The predicted octanol–water partition coefficient (Wildman–Crippen LogP) is 4.77. The number of benzene rings is 2. The van der Waals surface area contributed by atoms with Crippen molar-refractivity contribution in [2.75, 3.05) is 24.5 Å². The second kappa shape index (κ2) is 9.05.